The molecule has 1 aliphatic rings. The Bertz CT molecular complexity index is 1130. The van der Waals surface area contributed by atoms with Crippen LogP contribution in [-0.4, -0.2) is 25.1 Å². The van der Waals surface area contributed by atoms with E-state index in [-0.39, 0.29) is 22.6 Å². The molecule has 1 unspecified atom stereocenters. The second kappa shape index (κ2) is 10.1. The maximum absolute atomic E-state index is 13.3. The minimum atomic E-state index is -4.03. The third-order valence-corrected chi connectivity index (χ3v) is 7.25. The lowest BCUT2D eigenvalue weighted by atomic mass is 9.79. The molecule has 33 heavy (non-hydrogen) atoms. The molecule has 0 bridgehead atoms. The molecule has 0 spiro atoms. The van der Waals surface area contributed by atoms with Crippen molar-refractivity contribution in [1.29, 1.82) is 0 Å². The average molecular weight is 472 g/mol. The van der Waals surface area contributed by atoms with Crippen LogP contribution in [0.1, 0.15) is 70.8 Å². The molecule has 0 aliphatic carbocycles. The summed E-state index contributed by atoms with van der Waals surface area (Å²) in [6, 6.07) is 14.0. The fourth-order valence-electron chi connectivity index (χ4n) is 5.03. The van der Waals surface area contributed by atoms with E-state index in [1.807, 2.05) is 39.0 Å². The Morgan fingerprint density at radius 2 is 1.67 bits per heavy atom. The van der Waals surface area contributed by atoms with Gasteiger partial charge in [-0.3, -0.25) is 0 Å². The van der Waals surface area contributed by atoms with E-state index < -0.39 is 27.5 Å². The predicted octanol–water partition coefficient (Wildman–Crippen LogP) is 5.59. The van der Waals surface area contributed by atoms with E-state index in [0.29, 0.717) is 36.0 Å². The fraction of sp³-hybridized carbons (Fsp3) is 0.423. The van der Waals surface area contributed by atoms with Crippen LogP contribution < -0.4 is 5.14 Å². The lowest BCUT2D eigenvalue weighted by Gasteiger charge is -2.38. The SMILES string of the molecule is CCCC1(CCC)CC(O)=C(C(CC)c2cccc(S(N)(=O)=O)c2-c2ccccc2)C(=O)O1. The highest BCUT2D eigenvalue weighted by atomic mass is 32.2. The van der Waals surface area contributed by atoms with E-state index in [9.17, 15) is 18.3 Å². The zero-order chi connectivity index (χ0) is 24.2. The molecule has 3 rings (SSSR count). The van der Waals surface area contributed by atoms with Gasteiger partial charge >= 0.3 is 5.97 Å². The third-order valence-electron chi connectivity index (χ3n) is 6.30. The highest BCUT2D eigenvalue weighted by Crippen LogP contribution is 2.44. The molecule has 0 radical (unpaired) electrons. The highest BCUT2D eigenvalue weighted by molar-refractivity contribution is 7.89. The van der Waals surface area contributed by atoms with Crippen LogP contribution in [0.3, 0.4) is 0 Å². The number of carbonyl (C=O) groups is 1. The molecular formula is C26H33NO5S. The third kappa shape index (κ3) is 5.14. The summed E-state index contributed by atoms with van der Waals surface area (Å²) in [6.45, 7) is 5.96. The van der Waals surface area contributed by atoms with E-state index in [1.165, 1.54) is 6.07 Å². The number of aliphatic hydroxyl groups excluding tert-OH is 1. The summed E-state index contributed by atoms with van der Waals surface area (Å²) < 4.78 is 30.9. The Morgan fingerprint density at radius 3 is 2.18 bits per heavy atom. The lowest BCUT2D eigenvalue weighted by molar-refractivity contribution is -0.161. The van der Waals surface area contributed by atoms with E-state index >= 15 is 0 Å². The van der Waals surface area contributed by atoms with Crippen LogP contribution in [0.15, 0.2) is 64.8 Å². The van der Waals surface area contributed by atoms with Gasteiger partial charge in [0.25, 0.3) is 0 Å². The number of esters is 1. The minimum absolute atomic E-state index is 0.0137. The Hall–Kier alpha value is -2.64. The number of hydrogen-bond acceptors (Lipinski definition) is 5. The van der Waals surface area contributed by atoms with Gasteiger partial charge in [0.2, 0.25) is 10.0 Å². The Balaban J connectivity index is 2.21. The van der Waals surface area contributed by atoms with Crippen molar-refractivity contribution in [2.45, 2.75) is 75.7 Å². The molecule has 1 heterocycles. The Labute approximate surface area is 196 Å². The van der Waals surface area contributed by atoms with Gasteiger partial charge < -0.3 is 9.84 Å². The molecule has 6 nitrogen and oxygen atoms in total. The zero-order valence-electron chi connectivity index (χ0n) is 19.5. The minimum Gasteiger partial charge on any atom is -0.512 e. The second-order valence-corrected chi connectivity index (χ2v) is 10.2. The van der Waals surface area contributed by atoms with E-state index in [1.54, 1.807) is 24.3 Å². The quantitative estimate of drug-likeness (QED) is 0.464. The summed E-state index contributed by atoms with van der Waals surface area (Å²) in [5.74, 6) is -1.05. The van der Waals surface area contributed by atoms with Gasteiger partial charge in [-0.25, -0.2) is 18.4 Å². The van der Waals surface area contributed by atoms with Crippen molar-refractivity contribution < 1.29 is 23.1 Å². The smallest absolute Gasteiger partial charge is 0.338 e. The van der Waals surface area contributed by atoms with Crippen molar-refractivity contribution in [3.05, 3.63) is 65.4 Å². The molecule has 1 atom stereocenters. The van der Waals surface area contributed by atoms with Gasteiger partial charge in [0.1, 0.15) is 11.4 Å². The van der Waals surface area contributed by atoms with Crippen LogP contribution in [0.5, 0.6) is 0 Å². The van der Waals surface area contributed by atoms with Gasteiger partial charge in [-0.1, -0.05) is 76.1 Å². The van der Waals surface area contributed by atoms with Gasteiger partial charge in [0.05, 0.1) is 10.5 Å². The van der Waals surface area contributed by atoms with Crippen LogP contribution in [-0.2, 0) is 19.6 Å². The van der Waals surface area contributed by atoms with Crippen LogP contribution in [0.25, 0.3) is 11.1 Å². The van der Waals surface area contributed by atoms with Crippen molar-refractivity contribution in [3.8, 4) is 11.1 Å². The summed E-state index contributed by atoms with van der Waals surface area (Å²) >= 11 is 0. The number of sulfonamides is 1. The predicted molar refractivity (Wildman–Crippen MR) is 129 cm³/mol. The summed E-state index contributed by atoms with van der Waals surface area (Å²) in [5.41, 5.74) is 1.24. The molecule has 0 saturated carbocycles. The topological polar surface area (TPSA) is 107 Å². The van der Waals surface area contributed by atoms with Crippen molar-refractivity contribution in [2.24, 2.45) is 5.14 Å². The fourth-order valence-corrected chi connectivity index (χ4v) is 5.82. The number of primary sulfonamides is 1. The van der Waals surface area contributed by atoms with Crippen molar-refractivity contribution in [3.63, 3.8) is 0 Å². The highest BCUT2D eigenvalue weighted by Gasteiger charge is 2.43. The number of ether oxygens (including phenoxy) is 1. The van der Waals surface area contributed by atoms with Gasteiger partial charge in [-0.2, -0.15) is 0 Å². The Morgan fingerprint density at radius 1 is 1.03 bits per heavy atom. The normalized spacial score (nSPS) is 17.0. The maximum atomic E-state index is 13.3. The second-order valence-electron chi connectivity index (χ2n) is 8.70. The number of aliphatic hydroxyl groups is 1. The standard InChI is InChI=1S/C26H33NO5S/c1-4-15-26(16-5-2)17-21(28)24(25(29)32-26)19(6-3)20-13-10-14-22(33(27,30)31)23(20)18-11-8-7-9-12-18/h7-14,19,28H,4-6,15-17H2,1-3H3,(H2,27,30,31). The molecule has 0 aromatic heterocycles. The summed E-state index contributed by atoms with van der Waals surface area (Å²) in [5, 5.41) is 16.7. The maximum Gasteiger partial charge on any atom is 0.338 e. The molecule has 2 aromatic carbocycles. The number of benzene rings is 2. The molecule has 0 amide bonds. The van der Waals surface area contributed by atoms with E-state index in [4.69, 9.17) is 9.88 Å². The number of cyclic esters (lactones) is 1. The lowest BCUT2D eigenvalue weighted by Crippen LogP contribution is -2.41. The van der Waals surface area contributed by atoms with Crippen molar-refractivity contribution in [2.75, 3.05) is 0 Å². The first-order valence-electron chi connectivity index (χ1n) is 11.5. The molecule has 178 valence electrons. The largest absolute Gasteiger partial charge is 0.512 e. The molecule has 2 aromatic rings. The first-order chi connectivity index (χ1) is 15.7. The van der Waals surface area contributed by atoms with Gasteiger partial charge in [-0.15, -0.1) is 0 Å². The van der Waals surface area contributed by atoms with Crippen LogP contribution in [0.2, 0.25) is 0 Å². The average Bonchev–Trinajstić information content (AvgIpc) is 2.76. The molecular weight excluding hydrogens is 438 g/mol. The molecule has 7 heteroatoms. The first-order valence-corrected chi connectivity index (χ1v) is 13.1. The van der Waals surface area contributed by atoms with Crippen molar-refractivity contribution >= 4 is 16.0 Å². The van der Waals surface area contributed by atoms with Crippen molar-refractivity contribution in [1.82, 2.24) is 0 Å². The number of hydrogen-bond donors (Lipinski definition) is 2. The molecule has 0 fully saturated rings. The number of nitrogens with two attached hydrogens (primary N) is 1. The number of rotatable bonds is 9. The summed E-state index contributed by atoms with van der Waals surface area (Å²) in [6.07, 6.45) is 3.76. The monoisotopic (exact) mass is 471 g/mol. The molecule has 0 saturated heterocycles. The summed E-state index contributed by atoms with van der Waals surface area (Å²) in [4.78, 5) is 13.3. The molecule has 1 aliphatic heterocycles. The van der Waals surface area contributed by atoms with Gasteiger partial charge in [-0.05, 0) is 36.5 Å². The van der Waals surface area contributed by atoms with Crippen LogP contribution in [0.4, 0.5) is 0 Å². The van der Waals surface area contributed by atoms with Gasteiger partial charge in [0.15, 0.2) is 0 Å². The van der Waals surface area contributed by atoms with Crippen LogP contribution >= 0.6 is 0 Å². The van der Waals surface area contributed by atoms with Gasteiger partial charge in [0, 0.05) is 17.9 Å². The van der Waals surface area contributed by atoms with Crippen LogP contribution in [0, 0.1) is 0 Å². The first kappa shape index (κ1) is 25.0. The zero-order valence-corrected chi connectivity index (χ0v) is 20.3. The summed E-state index contributed by atoms with van der Waals surface area (Å²) in [7, 11) is -4.03. The number of carbonyl (C=O) groups excluding carboxylic acids is 1. The van der Waals surface area contributed by atoms with E-state index in [0.717, 1.165) is 12.8 Å². The van der Waals surface area contributed by atoms with E-state index in [2.05, 4.69) is 0 Å². The Kier molecular flexibility index (Phi) is 7.65. The molecule has 3 N–H and O–H groups in total.